The zero-order valence-corrected chi connectivity index (χ0v) is 22.7. The second kappa shape index (κ2) is 14.4. The number of amides is 2. The van der Waals surface area contributed by atoms with Crippen LogP contribution in [0.5, 0.6) is 5.75 Å². The molecule has 0 bridgehead atoms. The zero-order valence-electron chi connectivity index (χ0n) is 22.0. The van der Waals surface area contributed by atoms with Gasteiger partial charge < -0.3 is 15.0 Å². The lowest BCUT2D eigenvalue weighted by molar-refractivity contribution is -0.142. The van der Waals surface area contributed by atoms with Crippen LogP contribution in [0.3, 0.4) is 0 Å². The highest BCUT2D eigenvalue weighted by molar-refractivity contribution is 6.30. The first-order chi connectivity index (χ1) is 17.9. The number of unbranched alkanes of at least 4 members (excludes halogenated alkanes) is 1. The van der Waals surface area contributed by atoms with Crippen molar-refractivity contribution < 1.29 is 14.3 Å². The molecule has 0 unspecified atom stereocenters. The van der Waals surface area contributed by atoms with Gasteiger partial charge in [-0.05, 0) is 53.3 Å². The first-order valence-electron chi connectivity index (χ1n) is 13.0. The third kappa shape index (κ3) is 8.94. The van der Waals surface area contributed by atoms with Crippen molar-refractivity contribution in [2.45, 2.75) is 58.5 Å². The quantitative estimate of drug-likeness (QED) is 0.265. The summed E-state index contributed by atoms with van der Waals surface area (Å²) in [4.78, 5) is 28.7. The van der Waals surface area contributed by atoms with Crippen LogP contribution >= 0.6 is 11.6 Å². The third-order valence-corrected chi connectivity index (χ3v) is 6.49. The molecule has 2 amide bonds. The summed E-state index contributed by atoms with van der Waals surface area (Å²) in [7, 11) is 0. The molecule has 0 aromatic heterocycles. The van der Waals surface area contributed by atoms with Crippen LogP contribution in [0.4, 0.5) is 0 Å². The van der Waals surface area contributed by atoms with Crippen LogP contribution in [0.1, 0.15) is 56.2 Å². The molecule has 0 aliphatic carbocycles. The number of hydrogen-bond acceptors (Lipinski definition) is 3. The molecule has 0 saturated carbocycles. The summed E-state index contributed by atoms with van der Waals surface area (Å²) >= 11 is 6.23. The summed E-state index contributed by atoms with van der Waals surface area (Å²) < 4.78 is 5.87. The molecule has 0 spiro atoms. The van der Waals surface area contributed by atoms with Crippen molar-refractivity contribution in [2.75, 3.05) is 13.2 Å². The highest BCUT2D eigenvalue weighted by atomic mass is 35.5. The fourth-order valence-electron chi connectivity index (χ4n) is 4.07. The van der Waals surface area contributed by atoms with E-state index in [0.717, 1.165) is 24.0 Å². The smallest absolute Gasteiger partial charge is 0.261 e. The molecule has 0 radical (unpaired) electrons. The average Bonchev–Trinajstić information content (AvgIpc) is 2.90. The molecular weight excluding hydrogens is 484 g/mol. The maximum atomic E-state index is 13.6. The van der Waals surface area contributed by atoms with Gasteiger partial charge >= 0.3 is 0 Å². The van der Waals surface area contributed by atoms with Crippen molar-refractivity contribution in [1.29, 1.82) is 0 Å². The van der Waals surface area contributed by atoms with Gasteiger partial charge in [-0.15, -0.1) is 0 Å². The standard InChI is InChI=1S/C31H37ClN2O3/c1-4-5-18-33-31(36)29(20-24-10-7-6-8-11-24)34(21-25-12-9-13-27(32)19-25)30(35)22-37-28-16-14-26(15-17-28)23(2)3/h6-17,19,23,29H,4-5,18,20-22H2,1-3H3,(H,33,36)/t29-/m0/s1. The van der Waals surface area contributed by atoms with Crippen LogP contribution in [-0.2, 0) is 22.6 Å². The van der Waals surface area contributed by atoms with E-state index in [1.54, 1.807) is 11.0 Å². The van der Waals surface area contributed by atoms with Gasteiger partial charge in [-0.1, -0.05) is 93.4 Å². The van der Waals surface area contributed by atoms with Crippen molar-refractivity contribution in [3.63, 3.8) is 0 Å². The first-order valence-corrected chi connectivity index (χ1v) is 13.3. The van der Waals surface area contributed by atoms with Crippen LogP contribution in [0.2, 0.25) is 5.02 Å². The molecule has 196 valence electrons. The number of hydrogen-bond donors (Lipinski definition) is 1. The van der Waals surface area contributed by atoms with E-state index >= 15 is 0 Å². The molecule has 1 atom stereocenters. The van der Waals surface area contributed by atoms with Gasteiger partial charge in [0.25, 0.3) is 5.91 Å². The highest BCUT2D eigenvalue weighted by Crippen LogP contribution is 2.20. The van der Waals surface area contributed by atoms with Crippen LogP contribution in [0, 0.1) is 0 Å². The van der Waals surface area contributed by atoms with E-state index in [-0.39, 0.29) is 25.0 Å². The Morgan fingerprint density at radius 3 is 2.30 bits per heavy atom. The highest BCUT2D eigenvalue weighted by Gasteiger charge is 2.30. The van der Waals surface area contributed by atoms with Gasteiger partial charge in [-0.2, -0.15) is 0 Å². The molecular formula is C31H37ClN2O3. The Morgan fingerprint density at radius 1 is 0.946 bits per heavy atom. The minimum Gasteiger partial charge on any atom is -0.484 e. The fourth-order valence-corrected chi connectivity index (χ4v) is 4.28. The lowest BCUT2D eigenvalue weighted by Crippen LogP contribution is -2.51. The Balaban J connectivity index is 1.86. The van der Waals surface area contributed by atoms with E-state index in [0.29, 0.717) is 29.7 Å². The summed E-state index contributed by atoms with van der Waals surface area (Å²) in [6.07, 6.45) is 2.24. The molecule has 0 fully saturated rings. The Morgan fingerprint density at radius 2 is 1.65 bits per heavy atom. The van der Waals surface area contributed by atoms with E-state index in [4.69, 9.17) is 16.3 Å². The molecule has 0 aliphatic rings. The first kappa shape index (κ1) is 28.3. The molecule has 0 heterocycles. The molecule has 3 aromatic rings. The summed E-state index contributed by atoms with van der Waals surface area (Å²) in [5, 5.41) is 3.61. The van der Waals surface area contributed by atoms with E-state index < -0.39 is 6.04 Å². The minimum atomic E-state index is -0.697. The van der Waals surface area contributed by atoms with Gasteiger partial charge in [-0.25, -0.2) is 0 Å². The van der Waals surface area contributed by atoms with Crippen LogP contribution < -0.4 is 10.1 Å². The maximum Gasteiger partial charge on any atom is 0.261 e. The zero-order chi connectivity index (χ0) is 26.6. The second-order valence-corrected chi connectivity index (χ2v) is 9.95. The molecule has 0 aliphatic heterocycles. The summed E-state index contributed by atoms with van der Waals surface area (Å²) in [5.74, 6) is 0.592. The van der Waals surface area contributed by atoms with E-state index in [2.05, 4.69) is 26.1 Å². The predicted octanol–water partition coefficient (Wildman–Crippen LogP) is 6.40. The number of ether oxygens (including phenoxy) is 1. The summed E-state index contributed by atoms with van der Waals surface area (Å²) in [6, 6.07) is 24.2. The van der Waals surface area contributed by atoms with Gasteiger partial charge in [0.15, 0.2) is 6.61 Å². The van der Waals surface area contributed by atoms with Crippen molar-refractivity contribution in [3.8, 4) is 5.75 Å². The number of nitrogens with zero attached hydrogens (tertiary/aromatic N) is 1. The average molecular weight is 521 g/mol. The van der Waals surface area contributed by atoms with Crippen LogP contribution in [0.25, 0.3) is 0 Å². The maximum absolute atomic E-state index is 13.6. The molecule has 5 nitrogen and oxygen atoms in total. The molecule has 1 N–H and O–H groups in total. The largest absolute Gasteiger partial charge is 0.484 e. The minimum absolute atomic E-state index is 0.172. The van der Waals surface area contributed by atoms with Gasteiger partial charge in [0.2, 0.25) is 5.91 Å². The van der Waals surface area contributed by atoms with E-state index in [1.807, 2.05) is 72.8 Å². The number of carbonyl (C=O) groups excluding carboxylic acids is 2. The molecule has 3 aromatic carbocycles. The van der Waals surface area contributed by atoms with Crippen LogP contribution in [-0.4, -0.2) is 35.9 Å². The topological polar surface area (TPSA) is 58.6 Å². The number of carbonyl (C=O) groups is 2. The van der Waals surface area contributed by atoms with E-state index in [1.165, 1.54) is 5.56 Å². The number of rotatable bonds is 13. The van der Waals surface area contributed by atoms with Gasteiger partial charge in [0, 0.05) is 24.5 Å². The lowest BCUT2D eigenvalue weighted by atomic mass is 10.0. The second-order valence-electron chi connectivity index (χ2n) is 9.51. The van der Waals surface area contributed by atoms with Crippen molar-refractivity contribution >= 4 is 23.4 Å². The van der Waals surface area contributed by atoms with Gasteiger partial charge in [-0.3, -0.25) is 9.59 Å². The Labute approximate surface area is 225 Å². The Hall–Kier alpha value is -3.31. The fraction of sp³-hybridized carbons (Fsp3) is 0.355. The predicted molar refractivity (Wildman–Crippen MR) is 150 cm³/mol. The van der Waals surface area contributed by atoms with Gasteiger partial charge in [0.05, 0.1) is 0 Å². The van der Waals surface area contributed by atoms with Crippen molar-refractivity contribution in [1.82, 2.24) is 10.2 Å². The summed E-state index contributed by atoms with van der Waals surface area (Å²) in [6.45, 7) is 6.98. The number of halogens is 1. The molecule has 0 saturated heterocycles. The lowest BCUT2D eigenvalue weighted by Gasteiger charge is -2.31. The normalized spacial score (nSPS) is 11.7. The number of nitrogens with one attached hydrogen (secondary N) is 1. The van der Waals surface area contributed by atoms with Crippen LogP contribution in [0.15, 0.2) is 78.9 Å². The van der Waals surface area contributed by atoms with Gasteiger partial charge in [0.1, 0.15) is 11.8 Å². The SMILES string of the molecule is CCCCNC(=O)[C@H](Cc1ccccc1)N(Cc1cccc(Cl)c1)C(=O)COc1ccc(C(C)C)cc1. The Kier molecular flexibility index (Phi) is 11.0. The monoisotopic (exact) mass is 520 g/mol. The van der Waals surface area contributed by atoms with E-state index in [9.17, 15) is 9.59 Å². The summed E-state index contributed by atoms with van der Waals surface area (Å²) in [5.41, 5.74) is 3.03. The molecule has 6 heteroatoms. The Bertz CT molecular complexity index is 1130. The molecule has 3 rings (SSSR count). The molecule has 37 heavy (non-hydrogen) atoms. The van der Waals surface area contributed by atoms with Crippen molar-refractivity contribution in [3.05, 3.63) is 101 Å². The van der Waals surface area contributed by atoms with Crippen molar-refractivity contribution in [2.24, 2.45) is 0 Å². The number of benzene rings is 3. The third-order valence-electron chi connectivity index (χ3n) is 6.25.